The molecule has 114 valence electrons. The van der Waals surface area contributed by atoms with Crippen LogP contribution in [-0.4, -0.2) is 44.0 Å². The van der Waals surface area contributed by atoms with Crippen LogP contribution in [0.4, 0.5) is 4.79 Å². The van der Waals surface area contributed by atoms with Crippen LogP contribution in [0.3, 0.4) is 0 Å². The van der Waals surface area contributed by atoms with Gasteiger partial charge in [0.1, 0.15) is 4.90 Å². The molecule has 0 aromatic heterocycles. The number of aliphatic hydroxyl groups excluding tert-OH is 1. The molecule has 0 radical (unpaired) electrons. The first-order valence-corrected chi connectivity index (χ1v) is 8.08. The number of halogens is 1. The van der Waals surface area contributed by atoms with Crippen molar-refractivity contribution in [2.24, 2.45) is 4.99 Å². The van der Waals surface area contributed by atoms with E-state index in [9.17, 15) is 18.3 Å². The van der Waals surface area contributed by atoms with Gasteiger partial charge in [0.15, 0.2) is 0 Å². The third-order valence-electron chi connectivity index (χ3n) is 2.44. The lowest BCUT2D eigenvalue weighted by Gasteiger charge is -2.19. The number of benzene rings is 1. The van der Waals surface area contributed by atoms with Gasteiger partial charge < -0.3 is 9.84 Å². The molecule has 1 aliphatic heterocycles. The molecule has 0 aliphatic carbocycles. The lowest BCUT2D eigenvalue weighted by molar-refractivity contribution is 0.0379. The summed E-state index contributed by atoms with van der Waals surface area (Å²) in [6.45, 7) is 0. The summed E-state index contributed by atoms with van der Waals surface area (Å²) < 4.78 is 31.3. The summed E-state index contributed by atoms with van der Waals surface area (Å²) in [5.74, 6) is 0. The van der Waals surface area contributed by atoms with Gasteiger partial charge in [-0.15, -0.1) is 0 Å². The molecule has 11 heteroatoms. The number of ether oxygens (including phenoxy) is 1. The number of amidine groups is 1. The van der Waals surface area contributed by atoms with Crippen LogP contribution in [0.1, 0.15) is 0 Å². The summed E-state index contributed by atoms with van der Waals surface area (Å²) in [5, 5.41) is 10.1. The van der Waals surface area contributed by atoms with E-state index in [0.29, 0.717) is 8.58 Å². The first kappa shape index (κ1) is 15.8. The third kappa shape index (κ3) is 3.36. The van der Waals surface area contributed by atoms with E-state index in [0.717, 1.165) is 0 Å². The van der Waals surface area contributed by atoms with E-state index in [1.807, 2.05) is 27.3 Å². The van der Waals surface area contributed by atoms with E-state index in [-0.39, 0.29) is 10.9 Å². The quantitative estimate of drug-likeness (QED) is 0.563. The van der Waals surface area contributed by atoms with Crippen LogP contribution in [0.15, 0.2) is 34.2 Å². The number of hydrazine groups is 1. The smallest absolute Gasteiger partial charge is 0.354 e. The van der Waals surface area contributed by atoms with Crippen molar-refractivity contribution in [3.8, 4) is 0 Å². The largest absolute Gasteiger partial charge is 0.467 e. The number of aliphatic hydroxyl groups is 1. The van der Waals surface area contributed by atoms with Crippen molar-refractivity contribution in [1.82, 2.24) is 15.2 Å². The summed E-state index contributed by atoms with van der Waals surface area (Å²) in [7, 11) is -2.79. The van der Waals surface area contributed by atoms with E-state index in [4.69, 9.17) is 4.74 Å². The molecular weight excluding hydrogens is 415 g/mol. The average molecular weight is 426 g/mol. The number of hydrogen-bond donors (Lipinski definition) is 3. The number of urea groups is 1. The summed E-state index contributed by atoms with van der Waals surface area (Å²) in [6.07, 6.45) is -1.58. The van der Waals surface area contributed by atoms with Crippen molar-refractivity contribution in [2.45, 2.75) is 11.2 Å². The first-order valence-electron chi connectivity index (χ1n) is 5.52. The summed E-state index contributed by atoms with van der Waals surface area (Å²) in [5.41, 5.74) is 2.31. The van der Waals surface area contributed by atoms with Crippen molar-refractivity contribution in [1.29, 1.82) is 0 Å². The Morgan fingerprint density at radius 2 is 2.19 bits per heavy atom. The monoisotopic (exact) mass is 426 g/mol. The Balaban J connectivity index is 2.15. The molecule has 1 aromatic carbocycles. The van der Waals surface area contributed by atoms with E-state index in [2.05, 4.69) is 10.4 Å². The molecule has 1 aromatic rings. The minimum absolute atomic E-state index is 0.0412. The normalized spacial score (nSPS) is 18.0. The second-order valence-corrected chi connectivity index (χ2v) is 6.62. The minimum atomic E-state index is -4.07. The molecule has 1 aliphatic rings. The van der Waals surface area contributed by atoms with Gasteiger partial charge in [-0.3, -0.25) is 0 Å². The highest BCUT2D eigenvalue weighted by Crippen LogP contribution is 2.17. The predicted molar refractivity (Wildman–Crippen MR) is 80.3 cm³/mol. The highest BCUT2D eigenvalue weighted by molar-refractivity contribution is 14.1. The summed E-state index contributed by atoms with van der Waals surface area (Å²) in [4.78, 5) is 15.4. The van der Waals surface area contributed by atoms with Crippen LogP contribution >= 0.6 is 22.6 Å². The van der Waals surface area contributed by atoms with Gasteiger partial charge in [0.25, 0.3) is 16.4 Å². The highest BCUT2D eigenvalue weighted by atomic mass is 127. The van der Waals surface area contributed by atoms with Crippen LogP contribution < -0.4 is 10.1 Å². The van der Waals surface area contributed by atoms with Crippen molar-refractivity contribution in [2.75, 3.05) is 7.11 Å². The fourth-order valence-electron chi connectivity index (χ4n) is 1.49. The van der Waals surface area contributed by atoms with Crippen molar-refractivity contribution < 1.29 is 23.1 Å². The molecule has 0 bridgehead atoms. The minimum Gasteiger partial charge on any atom is -0.467 e. The molecule has 0 spiro atoms. The van der Waals surface area contributed by atoms with E-state index < -0.39 is 22.4 Å². The van der Waals surface area contributed by atoms with Gasteiger partial charge in [0, 0.05) is 3.57 Å². The van der Waals surface area contributed by atoms with Gasteiger partial charge in [0.05, 0.1) is 7.11 Å². The molecular formula is C10H11IN4O5S. The Bertz CT molecular complexity index is 692. The molecule has 0 saturated carbocycles. The van der Waals surface area contributed by atoms with Gasteiger partial charge in [-0.05, 0) is 34.7 Å². The number of nitrogens with one attached hydrogen (secondary N) is 2. The number of hydrogen-bond acceptors (Lipinski definition) is 7. The number of rotatable bonds is 2. The summed E-state index contributed by atoms with van der Waals surface area (Å²) >= 11 is 1.84. The van der Waals surface area contributed by atoms with Crippen LogP contribution in [0.5, 0.6) is 0 Å². The van der Waals surface area contributed by atoms with E-state index in [1.54, 1.807) is 12.1 Å². The zero-order chi connectivity index (χ0) is 15.6. The van der Waals surface area contributed by atoms with Gasteiger partial charge in [-0.25, -0.2) is 23.4 Å². The second-order valence-electron chi connectivity index (χ2n) is 3.81. The van der Waals surface area contributed by atoms with E-state index in [1.165, 1.54) is 19.2 Å². The molecule has 0 saturated heterocycles. The topological polar surface area (TPSA) is 120 Å². The molecule has 2 rings (SSSR count). The van der Waals surface area contributed by atoms with Gasteiger partial charge in [-0.1, -0.05) is 12.1 Å². The molecule has 0 fully saturated rings. The Morgan fingerprint density at radius 1 is 1.52 bits per heavy atom. The number of sulfonamides is 1. The van der Waals surface area contributed by atoms with Crippen LogP contribution in [0, 0.1) is 3.57 Å². The highest BCUT2D eigenvalue weighted by Gasteiger charge is 2.32. The fraction of sp³-hybridized carbons (Fsp3) is 0.200. The maximum absolute atomic E-state index is 12.1. The number of amides is 2. The summed E-state index contributed by atoms with van der Waals surface area (Å²) in [6, 6.07) is 4.97. The predicted octanol–water partition coefficient (Wildman–Crippen LogP) is -0.212. The van der Waals surface area contributed by atoms with Crippen molar-refractivity contribution >= 4 is 44.7 Å². The maximum atomic E-state index is 12.1. The number of carbonyl (C=O) groups is 1. The van der Waals surface area contributed by atoms with Crippen LogP contribution in [-0.2, 0) is 14.8 Å². The lowest BCUT2D eigenvalue weighted by Crippen LogP contribution is -2.51. The van der Waals surface area contributed by atoms with Gasteiger partial charge in [-0.2, -0.15) is 10.0 Å². The van der Waals surface area contributed by atoms with Crippen molar-refractivity contribution in [3.63, 3.8) is 0 Å². The standard InChI is InChI=1S/C10H11IN4O5S/c1-20-8-12-9(16)15(13-8)10(17)14-21(18,19)7-5-3-2-4-6(7)11/h2-5,9,16H,1H3,(H,12,13)(H,14,17). The molecule has 9 nitrogen and oxygen atoms in total. The zero-order valence-corrected chi connectivity index (χ0v) is 13.6. The Labute approximate surface area is 134 Å². The lowest BCUT2D eigenvalue weighted by atomic mass is 10.4. The number of carbonyl (C=O) groups excluding carboxylic acids is 1. The average Bonchev–Trinajstić information content (AvgIpc) is 2.80. The van der Waals surface area contributed by atoms with Gasteiger partial charge in [0.2, 0.25) is 0 Å². The van der Waals surface area contributed by atoms with E-state index >= 15 is 0 Å². The molecule has 2 amide bonds. The first-order chi connectivity index (χ1) is 9.85. The Hall–Kier alpha value is -1.60. The van der Waals surface area contributed by atoms with Gasteiger partial charge >= 0.3 is 12.1 Å². The number of methoxy groups -OCH3 is 1. The molecule has 1 heterocycles. The maximum Gasteiger partial charge on any atom is 0.354 e. The molecule has 3 N–H and O–H groups in total. The third-order valence-corrected chi connectivity index (χ3v) is 5.12. The number of nitrogens with zero attached hydrogens (tertiary/aromatic N) is 2. The van der Waals surface area contributed by atoms with Crippen molar-refractivity contribution in [3.05, 3.63) is 27.8 Å². The van der Waals surface area contributed by atoms with Crippen LogP contribution in [0.2, 0.25) is 0 Å². The number of aliphatic imine (C=N–C) groups is 1. The van der Waals surface area contributed by atoms with Crippen LogP contribution in [0.25, 0.3) is 0 Å². The zero-order valence-electron chi connectivity index (χ0n) is 10.6. The second kappa shape index (κ2) is 6.03. The Kier molecular flexibility index (Phi) is 4.53. The fourth-order valence-corrected chi connectivity index (χ4v) is 3.77. The Morgan fingerprint density at radius 3 is 2.76 bits per heavy atom. The molecule has 21 heavy (non-hydrogen) atoms. The molecule has 1 unspecified atom stereocenters. The SMILES string of the molecule is COC1=NC(O)N(C(=O)NS(=O)(=O)c2ccccc2I)N1. The molecule has 1 atom stereocenters.